The fraction of sp³-hybridized carbons (Fsp3) is 0.364. The van der Waals surface area contributed by atoms with Gasteiger partial charge in [0.25, 0.3) is 0 Å². The fourth-order valence-corrected chi connectivity index (χ4v) is 4.15. The van der Waals surface area contributed by atoms with Crippen LogP contribution in [-0.2, 0) is 20.8 Å². The van der Waals surface area contributed by atoms with Crippen LogP contribution in [0, 0.1) is 0 Å². The SMILES string of the molecule is CCS(=O)CCNS(=O)(=O)c1ccc(Cl)c(C(=O)O)c1Cl. The summed E-state index contributed by atoms with van der Waals surface area (Å²) in [7, 11) is -5.12. The molecule has 21 heavy (non-hydrogen) atoms. The number of aromatic carboxylic acids is 1. The molecule has 118 valence electrons. The van der Waals surface area contributed by atoms with Crippen LogP contribution in [-0.4, -0.2) is 41.8 Å². The molecule has 1 unspecified atom stereocenters. The molecule has 2 N–H and O–H groups in total. The van der Waals surface area contributed by atoms with E-state index in [9.17, 15) is 17.4 Å². The van der Waals surface area contributed by atoms with E-state index >= 15 is 0 Å². The first-order valence-corrected chi connectivity index (χ1v) is 9.49. The summed E-state index contributed by atoms with van der Waals surface area (Å²) in [6.07, 6.45) is 0. The molecule has 0 radical (unpaired) electrons. The summed E-state index contributed by atoms with van der Waals surface area (Å²) in [6, 6.07) is 2.27. The highest BCUT2D eigenvalue weighted by molar-refractivity contribution is 7.89. The maximum absolute atomic E-state index is 12.1. The van der Waals surface area contributed by atoms with E-state index in [1.54, 1.807) is 6.92 Å². The zero-order valence-corrected chi connectivity index (χ0v) is 14.1. The van der Waals surface area contributed by atoms with Gasteiger partial charge in [0.2, 0.25) is 10.0 Å². The molecule has 0 bridgehead atoms. The third kappa shape index (κ3) is 4.65. The highest BCUT2D eigenvalue weighted by atomic mass is 35.5. The van der Waals surface area contributed by atoms with Gasteiger partial charge >= 0.3 is 5.97 Å². The zero-order valence-electron chi connectivity index (χ0n) is 10.9. The highest BCUT2D eigenvalue weighted by Gasteiger charge is 2.24. The first-order chi connectivity index (χ1) is 9.70. The largest absolute Gasteiger partial charge is 0.478 e. The molecule has 0 aromatic heterocycles. The minimum atomic E-state index is -4.01. The summed E-state index contributed by atoms with van der Waals surface area (Å²) in [5, 5.41) is 8.38. The lowest BCUT2D eigenvalue weighted by atomic mass is 10.2. The van der Waals surface area contributed by atoms with Crippen LogP contribution in [0.25, 0.3) is 0 Å². The predicted molar refractivity (Wildman–Crippen MR) is 82.2 cm³/mol. The molecule has 0 heterocycles. The molecule has 0 amide bonds. The lowest BCUT2D eigenvalue weighted by Crippen LogP contribution is -2.28. The second-order valence-electron chi connectivity index (χ2n) is 3.87. The van der Waals surface area contributed by atoms with Crippen molar-refractivity contribution in [1.29, 1.82) is 0 Å². The van der Waals surface area contributed by atoms with Gasteiger partial charge in [0, 0.05) is 28.9 Å². The lowest BCUT2D eigenvalue weighted by Gasteiger charge is -2.10. The smallest absolute Gasteiger partial charge is 0.338 e. The monoisotopic (exact) mass is 373 g/mol. The van der Waals surface area contributed by atoms with Crippen LogP contribution >= 0.6 is 23.2 Å². The first kappa shape index (κ1) is 18.4. The molecule has 0 aliphatic carbocycles. The van der Waals surface area contributed by atoms with Crippen LogP contribution in [0.2, 0.25) is 10.0 Å². The Labute approximate surface area is 135 Å². The van der Waals surface area contributed by atoms with Crippen LogP contribution in [0.1, 0.15) is 17.3 Å². The van der Waals surface area contributed by atoms with E-state index in [2.05, 4.69) is 4.72 Å². The van der Waals surface area contributed by atoms with Crippen molar-refractivity contribution in [1.82, 2.24) is 4.72 Å². The number of carbonyl (C=O) groups is 1. The summed E-state index contributed by atoms with van der Waals surface area (Å²) in [5.41, 5.74) is -0.474. The highest BCUT2D eigenvalue weighted by Crippen LogP contribution is 2.30. The van der Waals surface area contributed by atoms with Crippen LogP contribution in [0.3, 0.4) is 0 Å². The van der Waals surface area contributed by atoms with E-state index in [0.29, 0.717) is 5.75 Å². The molecule has 10 heteroatoms. The van der Waals surface area contributed by atoms with Crippen LogP contribution in [0.4, 0.5) is 0 Å². The number of sulfonamides is 1. The van der Waals surface area contributed by atoms with Gasteiger partial charge in [-0.3, -0.25) is 4.21 Å². The summed E-state index contributed by atoms with van der Waals surface area (Å²) in [5.74, 6) is -0.839. The minimum Gasteiger partial charge on any atom is -0.478 e. The molecule has 0 spiro atoms. The molecule has 1 atom stereocenters. The maximum atomic E-state index is 12.1. The Morgan fingerprint density at radius 1 is 1.38 bits per heavy atom. The van der Waals surface area contributed by atoms with Crippen molar-refractivity contribution < 1.29 is 22.5 Å². The molecule has 1 aromatic carbocycles. The van der Waals surface area contributed by atoms with Crippen molar-refractivity contribution in [3.05, 3.63) is 27.7 Å². The normalized spacial score (nSPS) is 13.1. The average Bonchev–Trinajstić information content (AvgIpc) is 2.37. The number of carboxylic acids is 1. The standard InChI is InChI=1S/C11H13Cl2NO5S2/c1-2-20(17)6-5-14-21(18,19)8-4-3-7(12)9(10(8)13)11(15)16/h3-4,14H,2,5-6H2,1H3,(H,15,16). The van der Waals surface area contributed by atoms with Gasteiger partial charge < -0.3 is 5.11 Å². The molecule has 0 aliphatic heterocycles. The summed E-state index contributed by atoms with van der Waals surface area (Å²) < 4.78 is 37.6. The molecule has 0 aliphatic rings. The molecule has 1 aromatic rings. The van der Waals surface area contributed by atoms with Crippen LogP contribution < -0.4 is 4.72 Å². The quantitative estimate of drug-likeness (QED) is 0.757. The number of carboxylic acid groups (broad SMARTS) is 1. The molecule has 0 fully saturated rings. The summed E-state index contributed by atoms with van der Waals surface area (Å²) >= 11 is 11.5. The Balaban J connectivity index is 3.07. The number of hydrogen-bond donors (Lipinski definition) is 2. The molecule has 0 saturated carbocycles. The van der Waals surface area contributed by atoms with Crippen molar-refractivity contribution in [2.45, 2.75) is 11.8 Å². The molecule has 1 rings (SSSR count). The van der Waals surface area contributed by atoms with Crippen molar-refractivity contribution in [3.63, 3.8) is 0 Å². The number of nitrogens with one attached hydrogen (secondary N) is 1. The second kappa shape index (κ2) is 7.55. The molecular formula is C11H13Cl2NO5S2. The molecule has 6 nitrogen and oxygen atoms in total. The lowest BCUT2D eigenvalue weighted by molar-refractivity contribution is 0.0697. The van der Waals surface area contributed by atoms with Crippen LogP contribution in [0.15, 0.2) is 17.0 Å². The van der Waals surface area contributed by atoms with Gasteiger partial charge in [-0.05, 0) is 12.1 Å². The minimum absolute atomic E-state index is 0.0376. The number of hydrogen-bond acceptors (Lipinski definition) is 4. The number of benzene rings is 1. The van der Waals surface area contributed by atoms with Crippen molar-refractivity contribution in [3.8, 4) is 0 Å². The zero-order chi connectivity index (χ0) is 16.2. The van der Waals surface area contributed by atoms with E-state index in [0.717, 1.165) is 12.1 Å². The van der Waals surface area contributed by atoms with Gasteiger partial charge in [-0.1, -0.05) is 30.1 Å². The van der Waals surface area contributed by atoms with E-state index in [1.807, 2.05) is 0 Å². The fourth-order valence-electron chi connectivity index (χ4n) is 1.45. The first-order valence-electron chi connectivity index (χ1n) is 5.76. The third-order valence-corrected chi connectivity index (χ3v) is 6.13. The van der Waals surface area contributed by atoms with E-state index in [4.69, 9.17) is 28.3 Å². The summed E-state index contributed by atoms with van der Waals surface area (Å²) in [4.78, 5) is 10.7. The van der Waals surface area contributed by atoms with Gasteiger partial charge in [0.05, 0.1) is 15.6 Å². The van der Waals surface area contributed by atoms with Gasteiger partial charge in [-0.2, -0.15) is 0 Å². The molecule has 0 saturated heterocycles. The van der Waals surface area contributed by atoms with E-state index < -0.39 is 37.4 Å². The number of rotatable bonds is 7. The third-order valence-electron chi connectivity index (χ3n) is 2.50. The number of halogens is 2. The van der Waals surface area contributed by atoms with Gasteiger partial charge in [-0.25, -0.2) is 17.9 Å². The van der Waals surface area contributed by atoms with Gasteiger partial charge in [-0.15, -0.1) is 0 Å². The van der Waals surface area contributed by atoms with Gasteiger partial charge in [0.15, 0.2) is 0 Å². The van der Waals surface area contributed by atoms with Gasteiger partial charge in [0.1, 0.15) is 4.90 Å². The Bertz CT molecular complexity index is 675. The van der Waals surface area contributed by atoms with Crippen molar-refractivity contribution in [2.24, 2.45) is 0 Å². The Kier molecular flexibility index (Phi) is 6.61. The second-order valence-corrected chi connectivity index (χ2v) is 8.26. The Hall–Kier alpha value is -0.670. The predicted octanol–water partition coefficient (Wildman–Crippen LogP) is 1.74. The summed E-state index contributed by atoms with van der Waals surface area (Å²) in [6.45, 7) is 1.68. The van der Waals surface area contributed by atoms with Crippen molar-refractivity contribution >= 4 is 50.0 Å². The van der Waals surface area contributed by atoms with Crippen molar-refractivity contribution in [2.75, 3.05) is 18.1 Å². The Morgan fingerprint density at radius 3 is 2.52 bits per heavy atom. The van der Waals surface area contributed by atoms with Crippen LogP contribution in [0.5, 0.6) is 0 Å². The Morgan fingerprint density at radius 2 is 2.00 bits per heavy atom. The topological polar surface area (TPSA) is 101 Å². The average molecular weight is 374 g/mol. The van der Waals surface area contributed by atoms with E-state index in [1.165, 1.54) is 0 Å². The van der Waals surface area contributed by atoms with E-state index in [-0.39, 0.29) is 22.2 Å². The maximum Gasteiger partial charge on any atom is 0.338 e. The molecular weight excluding hydrogens is 361 g/mol.